The molecule has 112 valence electrons. The SMILES string of the molecule is Cn1nc(C2CC2)cc1NS(=O)(=O)c1ccc(Cl)cc1Cl. The van der Waals surface area contributed by atoms with Crippen LogP contribution in [0.15, 0.2) is 29.2 Å². The maximum Gasteiger partial charge on any atom is 0.264 e. The molecule has 1 aromatic heterocycles. The average Bonchev–Trinajstić information content (AvgIpc) is 3.15. The van der Waals surface area contributed by atoms with Gasteiger partial charge in [0.15, 0.2) is 0 Å². The van der Waals surface area contributed by atoms with Crippen molar-refractivity contribution in [3.63, 3.8) is 0 Å². The zero-order valence-corrected chi connectivity index (χ0v) is 13.5. The molecule has 3 rings (SSSR count). The summed E-state index contributed by atoms with van der Waals surface area (Å²) in [6, 6.07) is 6.03. The summed E-state index contributed by atoms with van der Waals surface area (Å²) in [5.41, 5.74) is 0.914. The third-order valence-corrected chi connectivity index (χ3v) is 5.39. The Kier molecular flexibility index (Phi) is 3.63. The monoisotopic (exact) mass is 345 g/mol. The number of aromatic nitrogens is 2. The first-order valence-electron chi connectivity index (χ1n) is 6.38. The topological polar surface area (TPSA) is 64.0 Å². The number of halogens is 2. The molecular weight excluding hydrogens is 333 g/mol. The highest BCUT2D eigenvalue weighted by Crippen LogP contribution is 2.40. The van der Waals surface area contributed by atoms with E-state index in [4.69, 9.17) is 23.2 Å². The summed E-state index contributed by atoms with van der Waals surface area (Å²) in [6.07, 6.45) is 2.21. The van der Waals surface area contributed by atoms with Gasteiger partial charge in [0, 0.05) is 24.1 Å². The lowest BCUT2D eigenvalue weighted by molar-refractivity contribution is 0.600. The molecule has 1 aliphatic carbocycles. The maximum atomic E-state index is 12.4. The highest BCUT2D eigenvalue weighted by Gasteiger charge is 2.28. The second-order valence-corrected chi connectivity index (χ2v) is 7.53. The first-order valence-corrected chi connectivity index (χ1v) is 8.62. The van der Waals surface area contributed by atoms with E-state index in [-0.39, 0.29) is 9.92 Å². The minimum Gasteiger partial charge on any atom is -0.264 e. The molecule has 21 heavy (non-hydrogen) atoms. The summed E-state index contributed by atoms with van der Waals surface area (Å²) < 4.78 is 28.8. The summed E-state index contributed by atoms with van der Waals surface area (Å²) in [6.45, 7) is 0. The van der Waals surface area contributed by atoms with Crippen LogP contribution in [-0.4, -0.2) is 18.2 Å². The van der Waals surface area contributed by atoms with E-state index in [0.717, 1.165) is 18.5 Å². The fourth-order valence-electron chi connectivity index (χ4n) is 2.05. The van der Waals surface area contributed by atoms with Crippen molar-refractivity contribution in [3.8, 4) is 0 Å². The Bertz CT molecular complexity index is 798. The smallest absolute Gasteiger partial charge is 0.264 e. The van der Waals surface area contributed by atoms with Crippen molar-refractivity contribution in [1.29, 1.82) is 0 Å². The van der Waals surface area contributed by atoms with E-state index in [2.05, 4.69) is 9.82 Å². The second kappa shape index (κ2) is 5.19. The molecular formula is C13H13Cl2N3O2S. The van der Waals surface area contributed by atoms with E-state index in [0.29, 0.717) is 16.8 Å². The van der Waals surface area contributed by atoms with Crippen LogP contribution >= 0.6 is 23.2 Å². The molecule has 0 atom stereocenters. The number of anilines is 1. The van der Waals surface area contributed by atoms with Gasteiger partial charge in [0.05, 0.1) is 10.7 Å². The third-order valence-electron chi connectivity index (χ3n) is 3.32. The number of benzene rings is 1. The molecule has 1 N–H and O–H groups in total. The molecule has 1 aliphatic rings. The van der Waals surface area contributed by atoms with Gasteiger partial charge >= 0.3 is 0 Å². The van der Waals surface area contributed by atoms with Crippen molar-refractivity contribution in [1.82, 2.24) is 9.78 Å². The Morgan fingerprint density at radius 2 is 2.00 bits per heavy atom. The van der Waals surface area contributed by atoms with E-state index in [1.165, 1.54) is 22.9 Å². The number of hydrogen-bond donors (Lipinski definition) is 1. The average molecular weight is 346 g/mol. The van der Waals surface area contributed by atoms with Crippen LogP contribution in [0.3, 0.4) is 0 Å². The summed E-state index contributed by atoms with van der Waals surface area (Å²) in [5, 5.41) is 4.79. The number of hydrogen-bond acceptors (Lipinski definition) is 3. The van der Waals surface area contributed by atoms with Crippen LogP contribution < -0.4 is 4.72 Å². The third kappa shape index (κ3) is 3.02. The van der Waals surface area contributed by atoms with Gasteiger partial charge in [0.25, 0.3) is 10.0 Å². The number of nitrogens with one attached hydrogen (secondary N) is 1. The first-order chi connectivity index (χ1) is 9.87. The van der Waals surface area contributed by atoms with E-state index < -0.39 is 10.0 Å². The summed E-state index contributed by atoms with van der Waals surface area (Å²) in [7, 11) is -2.08. The fraction of sp³-hybridized carbons (Fsp3) is 0.308. The lowest BCUT2D eigenvalue weighted by atomic mass is 10.3. The molecule has 0 radical (unpaired) electrons. The molecule has 1 fully saturated rings. The molecule has 0 spiro atoms. The van der Waals surface area contributed by atoms with Gasteiger partial charge in [0.1, 0.15) is 10.7 Å². The van der Waals surface area contributed by atoms with Gasteiger partial charge in [-0.15, -0.1) is 0 Å². The van der Waals surface area contributed by atoms with Gasteiger partial charge in [0.2, 0.25) is 0 Å². The predicted molar refractivity (Wildman–Crippen MR) is 82.5 cm³/mol. The Morgan fingerprint density at radius 1 is 1.29 bits per heavy atom. The van der Waals surface area contributed by atoms with Crippen LogP contribution in [0, 0.1) is 0 Å². The van der Waals surface area contributed by atoms with Crippen molar-refractivity contribution in [2.75, 3.05) is 4.72 Å². The number of rotatable bonds is 4. The van der Waals surface area contributed by atoms with Gasteiger partial charge < -0.3 is 0 Å². The Morgan fingerprint density at radius 3 is 2.62 bits per heavy atom. The largest absolute Gasteiger partial charge is 0.264 e. The molecule has 8 heteroatoms. The van der Waals surface area contributed by atoms with E-state index in [9.17, 15) is 8.42 Å². The maximum absolute atomic E-state index is 12.4. The van der Waals surface area contributed by atoms with Gasteiger partial charge in [-0.25, -0.2) is 8.42 Å². The second-order valence-electron chi connectivity index (χ2n) is 5.03. The molecule has 0 saturated heterocycles. The van der Waals surface area contributed by atoms with E-state index in [1.54, 1.807) is 13.1 Å². The molecule has 1 heterocycles. The summed E-state index contributed by atoms with van der Waals surface area (Å²) in [5.74, 6) is 0.872. The standard InChI is InChI=1S/C13H13Cl2N3O2S/c1-18-13(7-11(16-18)8-2-3-8)17-21(19,20)12-5-4-9(14)6-10(12)15/h4-8,17H,2-3H2,1H3. The first kappa shape index (κ1) is 14.7. The van der Waals surface area contributed by atoms with Gasteiger partial charge in [-0.1, -0.05) is 23.2 Å². The Hall–Kier alpha value is -1.24. The van der Waals surface area contributed by atoms with Gasteiger partial charge in [-0.3, -0.25) is 9.40 Å². The zero-order chi connectivity index (χ0) is 15.2. The Labute approximate surface area is 132 Å². The molecule has 1 aromatic carbocycles. The van der Waals surface area contributed by atoms with Gasteiger partial charge in [-0.05, 0) is 31.0 Å². The quantitative estimate of drug-likeness (QED) is 0.923. The lowest BCUT2D eigenvalue weighted by Crippen LogP contribution is -2.15. The normalized spacial score (nSPS) is 15.2. The molecule has 1 saturated carbocycles. The number of sulfonamides is 1. The number of aryl methyl sites for hydroxylation is 1. The minimum absolute atomic E-state index is 0.0114. The molecule has 0 amide bonds. The Balaban J connectivity index is 1.92. The van der Waals surface area contributed by atoms with Crippen LogP contribution in [0.4, 0.5) is 5.82 Å². The van der Waals surface area contributed by atoms with Crippen molar-refractivity contribution >= 4 is 39.0 Å². The number of nitrogens with zero attached hydrogens (tertiary/aromatic N) is 2. The summed E-state index contributed by atoms with van der Waals surface area (Å²) >= 11 is 11.7. The lowest BCUT2D eigenvalue weighted by Gasteiger charge is -2.09. The van der Waals surface area contributed by atoms with Crippen molar-refractivity contribution in [3.05, 3.63) is 40.0 Å². The highest BCUT2D eigenvalue weighted by molar-refractivity contribution is 7.92. The highest BCUT2D eigenvalue weighted by atomic mass is 35.5. The predicted octanol–water partition coefficient (Wildman–Crippen LogP) is 3.41. The molecule has 0 unspecified atom stereocenters. The zero-order valence-electron chi connectivity index (χ0n) is 11.2. The van der Waals surface area contributed by atoms with Crippen molar-refractivity contribution in [2.45, 2.75) is 23.7 Å². The van der Waals surface area contributed by atoms with Crippen LogP contribution in [0.25, 0.3) is 0 Å². The molecule has 0 aliphatic heterocycles. The van der Waals surface area contributed by atoms with Crippen LogP contribution in [-0.2, 0) is 17.1 Å². The molecule has 2 aromatic rings. The van der Waals surface area contributed by atoms with Gasteiger partial charge in [-0.2, -0.15) is 5.10 Å². The van der Waals surface area contributed by atoms with E-state index in [1.807, 2.05) is 0 Å². The molecule has 5 nitrogen and oxygen atoms in total. The van der Waals surface area contributed by atoms with Crippen LogP contribution in [0.2, 0.25) is 10.0 Å². The minimum atomic E-state index is -3.78. The van der Waals surface area contributed by atoms with E-state index >= 15 is 0 Å². The van der Waals surface area contributed by atoms with Crippen molar-refractivity contribution in [2.24, 2.45) is 7.05 Å². The van der Waals surface area contributed by atoms with Crippen LogP contribution in [0.1, 0.15) is 24.5 Å². The van der Waals surface area contributed by atoms with Crippen molar-refractivity contribution < 1.29 is 8.42 Å². The summed E-state index contributed by atoms with van der Waals surface area (Å²) in [4.78, 5) is -0.0114. The van der Waals surface area contributed by atoms with Crippen LogP contribution in [0.5, 0.6) is 0 Å². The molecule has 0 bridgehead atoms. The fourth-order valence-corrected chi connectivity index (χ4v) is 3.90.